The fourth-order valence-electron chi connectivity index (χ4n) is 3.34. The van der Waals surface area contributed by atoms with E-state index in [0.29, 0.717) is 5.78 Å². The minimum absolute atomic E-state index is 0.0382. The van der Waals surface area contributed by atoms with Crippen molar-refractivity contribution in [1.82, 2.24) is 0 Å². The third kappa shape index (κ3) is 2.29. The van der Waals surface area contributed by atoms with E-state index in [4.69, 9.17) is 0 Å². The maximum absolute atomic E-state index is 13.2. The Balaban J connectivity index is 2.72. The summed E-state index contributed by atoms with van der Waals surface area (Å²) >= 11 is 0. The summed E-state index contributed by atoms with van der Waals surface area (Å²) in [6, 6.07) is 8.40. The van der Waals surface area contributed by atoms with Gasteiger partial charge < -0.3 is 0 Å². The standard InChI is InChI=1S/C20H26O/c1-12-8-10-18(11-9-12)20(7)17(6)15(4)13(2)14(3)16(5)19(20)21/h8-11,16H,1-7H3/t16-,20+/m1/s1. The van der Waals surface area contributed by atoms with Gasteiger partial charge >= 0.3 is 0 Å². The monoisotopic (exact) mass is 282 g/mol. The van der Waals surface area contributed by atoms with Crippen molar-refractivity contribution in [3.8, 4) is 0 Å². The molecule has 0 saturated carbocycles. The SMILES string of the molecule is CC1=C(C)[C@@H](C)C(=O)[C@](C)(c2ccc(C)cc2)C(C)=C1C. The van der Waals surface area contributed by atoms with Crippen molar-refractivity contribution in [3.05, 3.63) is 57.7 Å². The number of ketones is 1. The first-order valence-electron chi connectivity index (χ1n) is 7.68. The van der Waals surface area contributed by atoms with Crippen LogP contribution in [0.1, 0.15) is 52.7 Å². The maximum Gasteiger partial charge on any atom is 0.154 e. The van der Waals surface area contributed by atoms with Gasteiger partial charge in [-0.3, -0.25) is 4.79 Å². The van der Waals surface area contributed by atoms with Crippen molar-refractivity contribution < 1.29 is 4.79 Å². The average Bonchev–Trinajstić information content (AvgIpc) is 2.52. The van der Waals surface area contributed by atoms with Crippen molar-refractivity contribution in [2.24, 2.45) is 5.92 Å². The molecule has 0 bridgehead atoms. The van der Waals surface area contributed by atoms with Gasteiger partial charge in [0.25, 0.3) is 0 Å². The van der Waals surface area contributed by atoms with Crippen molar-refractivity contribution >= 4 is 5.78 Å². The number of carbonyl (C=O) groups is 1. The molecule has 1 aromatic rings. The molecule has 0 heterocycles. The van der Waals surface area contributed by atoms with Crippen LogP contribution < -0.4 is 0 Å². The number of allylic oxidation sites excluding steroid dienone is 4. The largest absolute Gasteiger partial charge is 0.298 e. The number of aryl methyl sites for hydroxylation is 1. The first-order chi connectivity index (χ1) is 9.71. The number of rotatable bonds is 1. The van der Waals surface area contributed by atoms with Gasteiger partial charge in [-0.25, -0.2) is 0 Å². The zero-order valence-electron chi connectivity index (χ0n) is 14.3. The number of carbonyl (C=O) groups excluding carboxylic acids is 1. The van der Waals surface area contributed by atoms with Crippen molar-refractivity contribution in [2.45, 2.75) is 53.9 Å². The topological polar surface area (TPSA) is 17.1 Å². The van der Waals surface area contributed by atoms with Crippen LogP contribution in [0.2, 0.25) is 0 Å². The third-order valence-corrected chi connectivity index (χ3v) is 5.63. The van der Waals surface area contributed by atoms with Crippen LogP contribution in [-0.2, 0) is 10.2 Å². The molecule has 1 aromatic carbocycles. The zero-order chi connectivity index (χ0) is 15.9. The first kappa shape index (κ1) is 15.8. The molecule has 0 N–H and O–H groups in total. The second-order valence-corrected chi connectivity index (χ2v) is 6.63. The summed E-state index contributed by atoms with van der Waals surface area (Å²) in [4.78, 5) is 13.2. The van der Waals surface area contributed by atoms with E-state index < -0.39 is 5.41 Å². The Bertz CT molecular complexity index is 643. The van der Waals surface area contributed by atoms with Crippen molar-refractivity contribution in [3.63, 3.8) is 0 Å². The molecule has 112 valence electrons. The lowest BCUT2D eigenvalue weighted by atomic mass is 9.69. The van der Waals surface area contributed by atoms with Gasteiger partial charge in [0, 0.05) is 5.92 Å². The average molecular weight is 282 g/mol. The van der Waals surface area contributed by atoms with Gasteiger partial charge in [0.2, 0.25) is 0 Å². The Labute approximate surface area is 128 Å². The van der Waals surface area contributed by atoms with Crippen LogP contribution in [0.4, 0.5) is 0 Å². The molecule has 0 fully saturated rings. The van der Waals surface area contributed by atoms with E-state index in [0.717, 1.165) is 5.56 Å². The maximum atomic E-state index is 13.2. The molecule has 0 unspecified atom stereocenters. The van der Waals surface area contributed by atoms with Crippen LogP contribution in [0.3, 0.4) is 0 Å². The summed E-state index contributed by atoms with van der Waals surface area (Å²) in [5.41, 5.74) is 6.70. The smallest absolute Gasteiger partial charge is 0.154 e. The quantitative estimate of drug-likeness (QED) is 0.696. The zero-order valence-corrected chi connectivity index (χ0v) is 14.3. The number of hydrogen-bond donors (Lipinski definition) is 0. The van der Waals surface area contributed by atoms with Crippen molar-refractivity contribution in [2.75, 3.05) is 0 Å². The highest BCUT2D eigenvalue weighted by Gasteiger charge is 2.42. The van der Waals surface area contributed by atoms with Gasteiger partial charge in [0.15, 0.2) is 5.78 Å². The minimum Gasteiger partial charge on any atom is -0.298 e. The fraction of sp³-hybridized carbons (Fsp3) is 0.450. The molecule has 21 heavy (non-hydrogen) atoms. The van der Waals surface area contributed by atoms with E-state index in [-0.39, 0.29) is 5.92 Å². The van der Waals surface area contributed by atoms with Crippen LogP contribution in [0.25, 0.3) is 0 Å². The van der Waals surface area contributed by atoms with E-state index >= 15 is 0 Å². The summed E-state index contributed by atoms with van der Waals surface area (Å²) in [5, 5.41) is 0. The van der Waals surface area contributed by atoms with Gasteiger partial charge in [0.05, 0.1) is 5.41 Å². The number of benzene rings is 1. The Kier molecular flexibility index (Phi) is 3.97. The summed E-state index contributed by atoms with van der Waals surface area (Å²) in [5.74, 6) is 0.265. The first-order valence-corrected chi connectivity index (χ1v) is 7.68. The van der Waals surface area contributed by atoms with E-state index in [1.807, 2.05) is 6.92 Å². The molecular weight excluding hydrogens is 256 g/mol. The Hall–Kier alpha value is -1.63. The van der Waals surface area contributed by atoms with Crippen LogP contribution in [0, 0.1) is 12.8 Å². The van der Waals surface area contributed by atoms with Gasteiger partial charge in [0.1, 0.15) is 0 Å². The summed E-state index contributed by atoms with van der Waals surface area (Å²) < 4.78 is 0. The highest BCUT2D eigenvalue weighted by atomic mass is 16.1. The van der Waals surface area contributed by atoms with Crippen LogP contribution in [-0.4, -0.2) is 5.78 Å². The molecule has 0 aliphatic heterocycles. The second kappa shape index (κ2) is 5.29. The third-order valence-electron chi connectivity index (χ3n) is 5.63. The van der Waals surface area contributed by atoms with Gasteiger partial charge in [-0.2, -0.15) is 0 Å². The molecular formula is C20H26O. The molecule has 1 heteroatoms. The van der Waals surface area contributed by atoms with E-state index in [1.54, 1.807) is 0 Å². The molecule has 0 radical (unpaired) electrons. The molecule has 1 nitrogen and oxygen atoms in total. The predicted octanol–water partition coefficient (Wildman–Crippen LogP) is 5.14. The normalized spacial score (nSPS) is 27.2. The van der Waals surface area contributed by atoms with Crippen LogP contribution >= 0.6 is 0 Å². The Morgan fingerprint density at radius 2 is 1.43 bits per heavy atom. The molecule has 0 amide bonds. The summed E-state index contributed by atoms with van der Waals surface area (Å²) in [6.45, 7) is 14.7. The van der Waals surface area contributed by atoms with E-state index in [1.165, 1.54) is 27.9 Å². The van der Waals surface area contributed by atoms with E-state index in [9.17, 15) is 4.79 Å². The molecule has 2 rings (SSSR count). The Morgan fingerprint density at radius 3 is 1.95 bits per heavy atom. The second-order valence-electron chi connectivity index (χ2n) is 6.63. The Morgan fingerprint density at radius 1 is 0.905 bits per heavy atom. The van der Waals surface area contributed by atoms with Crippen molar-refractivity contribution in [1.29, 1.82) is 0 Å². The molecule has 0 saturated heterocycles. The van der Waals surface area contributed by atoms with Gasteiger partial charge in [-0.1, -0.05) is 47.9 Å². The summed E-state index contributed by atoms with van der Waals surface area (Å²) in [6.07, 6.45) is 0. The number of hydrogen-bond acceptors (Lipinski definition) is 1. The lowest BCUT2D eigenvalue weighted by Crippen LogP contribution is -2.37. The lowest BCUT2D eigenvalue weighted by Gasteiger charge is -2.32. The predicted molar refractivity (Wildman–Crippen MR) is 89.5 cm³/mol. The molecule has 2 atom stereocenters. The minimum atomic E-state index is -0.532. The molecule has 0 aromatic heterocycles. The molecule has 1 aliphatic carbocycles. The van der Waals surface area contributed by atoms with Crippen LogP contribution in [0.15, 0.2) is 46.6 Å². The molecule has 1 aliphatic rings. The lowest BCUT2D eigenvalue weighted by molar-refractivity contribution is -0.125. The van der Waals surface area contributed by atoms with Crippen LogP contribution in [0.5, 0.6) is 0 Å². The van der Waals surface area contributed by atoms with Gasteiger partial charge in [-0.15, -0.1) is 0 Å². The highest BCUT2D eigenvalue weighted by molar-refractivity contribution is 5.97. The highest BCUT2D eigenvalue weighted by Crippen LogP contribution is 2.43. The van der Waals surface area contributed by atoms with E-state index in [2.05, 4.69) is 65.8 Å². The van der Waals surface area contributed by atoms with Gasteiger partial charge in [-0.05, 0) is 58.3 Å². The fourth-order valence-corrected chi connectivity index (χ4v) is 3.34. The molecule has 0 spiro atoms. The number of Topliss-reactive ketones (excluding diaryl/α,β-unsaturated/α-hetero) is 1. The summed E-state index contributed by atoms with van der Waals surface area (Å²) in [7, 11) is 0.